The summed E-state index contributed by atoms with van der Waals surface area (Å²) in [4.78, 5) is 23.5. The number of nitrogens with zero attached hydrogens (tertiary/aromatic N) is 4. The SMILES string of the molecule is CN(C)S(=O)(=O)c1ccc2c(c1)N(C(=O)c1cnc3ccccc3n1)CC2. The van der Waals surface area contributed by atoms with Crippen molar-refractivity contribution in [3.05, 3.63) is 59.9 Å². The molecule has 7 nitrogen and oxygen atoms in total. The molecule has 0 unspecified atom stereocenters. The Kier molecular flexibility index (Phi) is 4.16. The summed E-state index contributed by atoms with van der Waals surface area (Å²) in [5.74, 6) is -0.286. The van der Waals surface area contributed by atoms with Gasteiger partial charge in [0, 0.05) is 26.3 Å². The van der Waals surface area contributed by atoms with Crippen molar-refractivity contribution in [3.8, 4) is 0 Å². The van der Waals surface area contributed by atoms with Gasteiger partial charge in [-0.25, -0.2) is 17.7 Å². The number of amides is 1. The first-order valence-corrected chi connectivity index (χ1v) is 9.91. The number of carbonyl (C=O) groups excluding carboxylic acids is 1. The molecule has 1 aliphatic rings. The van der Waals surface area contributed by atoms with Crippen molar-refractivity contribution in [1.82, 2.24) is 14.3 Å². The number of hydrogen-bond donors (Lipinski definition) is 0. The summed E-state index contributed by atoms with van der Waals surface area (Å²) >= 11 is 0. The third-order valence-electron chi connectivity index (χ3n) is 4.64. The van der Waals surface area contributed by atoms with E-state index in [1.807, 2.05) is 18.2 Å². The number of hydrogen-bond acceptors (Lipinski definition) is 5. The maximum atomic E-state index is 13.0. The van der Waals surface area contributed by atoms with E-state index in [4.69, 9.17) is 0 Å². The van der Waals surface area contributed by atoms with Gasteiger partial charge in [-0.1, -0.05) is 18.2 Å². The van der Waals surface area contributed by atoms with Crippen LogP contribution in [-0.2, 0) is 16.4 Å². The van der Waals surface area contributed by atoms with Gasteiger partial charge in [0.05, 0.1) is 22.1 Å². The summed E-state index contributed by atoms with van der Waals surface area (Å²) in [6, 6.07) is 12.3. The number of rotatable bonds is 3. The monoisotopic (exact) mass is 382 g/mol. The lowest BCUT2D eigenvalue weighted by atomic mass is 10.2. The molecule has 0 aliphatic carbocycles. The summed E-state index contributed by atoms with van der Waals surface area (Å²) in [5.41, 5.74) is 3.15. The molecule has 0 saturated carbocycles. The lowest BCUT2D eigenvalue weighted by Crippen LogP contribution is -2.30. The van der Waals surface area contributed by atoms with E-state index in [9.17, 15) is 13.2 Å². The smallest absolute Gasteiger partial charge is 0.278 e. The lowest BCUT2D eigenvalue weighted by Gasteiger charge is -2.18. The predicted octanol–water partition coefficient (Wildman–Crippen LogP) is 2.08. The van der Waals surface area contributed by atoms with Crippen LogP contribution in [-0.4, -0.2) is 49.2 Å². The van der Waals surface area contributed by atoms with Gasteiger partial charge in [-0.2, -0.15) is 0 Å². The highest BCUT2D eigenvalue weighted by Crippen LogP contribution is 2.32. The van der Waals surface area contributed by atoms with Crippen LogP contribution >= 0.6 is 0 Å². The Labute approximate surface area is 157 Å². The molecule has 3 aromatic rings. The molecule has 0 N–H and O–H groups in total. The van der Waals surface area contributed by atoms with Crippen molar-refractivity contribution in [3.63, 3.8) is 0 Å². The normalized spacial score (nSPS) is 14.0. The molecule has 0 radical (unpaired) electrons. The summed E-state index contributed by atoms with van der Waals surface area (Å²) < 4.78 is 26.0. The second-order valence-electron chi connectivity index (χ2n) is 6.53. The van der Waals surface area contributed by atoms with Crippen molar-refractivity contribution in [1.29, 1.82) is 0 Å². The zero-order valence-electron chi connectivity index (χ0n) is 15.0. The van der Waals surface area contributed by atoms with E-state index in [1.54, 1.807) is 29.2 Å². The van der Waals surface area contributed by atoms with E-state index in [0.29, 0.717) is 24.2 Å². The van der Waals surface area contributed by atoms with Crippen molar-refractivity contribution in [2.75, 3.05) is 25.5 Å². The standard InChI is InChI=1S/C19H18N4O3S/c1-22(2)27(25,26)14-8-7-13-9-10-23(18(13)11-14)19(24)17-12-20-15-5-3-4-6-16(15)21-17/h3-8,11-12H,9-10H2,1-2H3. The average Bonchev–Trinajstić information content (AvgIpc) is 3.10. The maximum Gasteiger partial charge on any atom is 0.278 e. The number of carbonyl (C=O) groups is 1. The average molecular weight is 382 g/mol. The van der Waals surface area contributed by atoms with E-state index in [2.05, 4.69) is 9.97 Å². The van der Waals surface area contributed by atoms with Crippen LogP contribution in [0.3, 0.4) is 0 Å². The molecule has 1 aliphatic heterocycles. The Bertz CT molecular complexity index is 1160. The summed E-state index contributed by atoms with van der Waals surface area (Å²) in [6.45, 7) is 0.480. The number of benzene rings is 2. The zero-order valence-corrected chi connectivity index (χ0v) is 15.8. The van der Waals surface area contributed by atoms with E-state index in [1.165, 1.54) is 20.3 Å². The van der Waals surface area contributed by atoms with E-state index in [0.717, 1.165) is 15.4 Å². The van der Waals surface area contributed by atoms with Gasteiger partial charge in [-0.15, -0.1) is 0 Å². The van der Waals surface area contributed by atoms with Crippen LogP contribution in [0, 0.1) is 0 Å². The highest BCUT2D eigenvalue weighted by Gasteiger charge is 2.29. The molecular weight excluding hydrogens is 364 g/mol. The number of anilines is 1. The van der Waals surface area contributed by atoms with Crippen LogP contribution in [0.2, 0.25) is 0 Å². The van der Waals surface area contributed by atoms with Crippen LogP contribution in [0.4, 0.5) is 5.69 Å². The van der Waals surface area contributed by atoms with Gasteiger partial charge in [-0.05, 0) is 36.2 Å². The highest BCUT2D eigenvalue weighted by molar-refractivity contribution is 7.89. The van der Waals surface area contributed by atoms with Gasteiger partial charge in [0.15, 0.2) is 0 Å². The fraction of sp³-hybridized carbons (Fsp3) is 0.211. The second-order valence-corrected chi connectivity index (χ2v) is 8.68. The molecule has 0 bridgehead atoms. The molecule has 2 heterocycles. The zero-order chi connectivity index (χ0) is 19.2. The highest BCUT2D eigenvalue weighted by atomic mass is 32.2. The van der Waals surface area contributed by atoms with E-state index in [-0.39, 0.29) is 16.5 Å². The van der Waals surface area contributed by atoms with Gasteiger partial charge < -0.3 is 4.90 Å². The van der Waals surface area contributed by atoms with E-state index >= 15 is 0 Å². The van der Waals surface area contributed by atoms with Crippen molar-refractivity contribution in [2.45, 2.75) is 11.3 Å². The number of aromatic nitrogens is 2. The Balaban J connectivity index is 1.73. The first-order valence-electron chi connectivity index (χ1n) is 8.47. The van der Waals surface area contributed by atoms with Gasteiger partial charge >= 0.3 is 0 Å². The van der Waals surface area contributed by atoms with Gasteiger partial charge in [-0.3, -0.25) is 9.78 Å². The van der Waals surface area contributed by atoms with Crippen LogP contribution in [0.5, 0.6) is 0 Å². The molecule has 0 spiro atoms. The van der Waals surface area contributed by atoms with Crippen LogP contribution in [0.1, 0.15) is 16.1 Å². The summed E-state index contributed by atoms with van der Waals surface area (Å²) in [6.07, 6.45) is 2.13. The van der Waals surface area contributed by atoms with Crippen molar-refractivity contribution in [2.24, 2.45) is 0 Å². The van der Waals surface area contributed by atoms with Gasteiger partial charge in [0.1, 0.15) is 5.69 Å². The predicted molar refractivity (Wildman–Crippen MR) is 102 cm³/mol. The van der Waals surface area contributed by atoms with Crippen molar-refractivity contribution >= 4 is 32.7 Å². The fourth-order valence-electron chi connectivity index (χ4n) is 3.14. The summed E-state index contributed by atoms with van der Waals surface area (Å²) in [7, 11) is -0.609. The first kappa shape index (κ1) is 17.6. The molecule has 8 heteroatoms. The molecule has 0 atom stereocenters. The van der Waals surface area contributed by atoms with Crippen LogP contribution in [0.25, 0.3) is 11.0 Å². The Morgan fingerprint density at radius 3 is 2.59 bits per heavy atom. The number of para-hydroxylation sites is 2. The molecule has 1 aromatic heterocycles. The van der Waals surface area contributed by atoms with Gasteiger partial charge in [0.2, 0.25) is 10.0 Å². The Morgan fingerprint density at radius 2 is 1.85 bits per heavy atom. The summed E-state index contributed by atoms with van der Waals surface area (Å²) in [5, 5.41) is 0. The molecule has 1 amide bonds. The molecular formula is C19H18N4O3S. The Morgan fingerprint density at radius 1 is 1.11 bits per heavy atom. The number of fused-ring (bicyclic) bond motifs is 2. The molecule has 0 saturated heterocycles. The van der Waals surface area contributed by atoms with Crippen LogP contribution in [0.15, 0.2) is 53.6 Å². The quantitative estimate of drug-likeness (QED) is 0.693. The molecule has 0 fully saturated rings. The fourth-order valence-corrected chi connectivity index (χ4v) is 4.06. The minimum atomic E-state index is -3.57. The lowest BCUT2D eigenvalue weighted by molar-refractivity contribution is 0.0984. The van der Waals surface area contributed by atoms with Crippen molar-refractivity contribution < 1.29 is 13.2 Å². The Hall–Kier alpha value is -2.84. The number of sulfonamides is 1. The van der Waals surface area contributed by atoms with Crippen LogP contribution < -0.4 is 4.90 Å². The topological polar surface area (TPSA) is 83.5 Å². The minimum Gasteiger partial charge on any atom is -0.306 e. The minimum absolute atomic E-state index is 0.163. The molecule has 27 heavy (non-hydrogen) atoms. The largest absolute Gasteiger partial charge is 0.306 e. The first-order chi connectivity index (χ1) is 12.9. The third kappa shape index (κ3) is 2.96. The molecule has 2 aromatic carbocycles. The maximum absolute atomic E-state index is 13.0. The second kappa shape index (κ2) is 6.40. The third-order valence-corrected chi connectivity index (χ3v) is 6.45. The molecule has 4 rings (SSSR count). The molecule has 138 valence electrons. The van der Waals surface area contributed by atoms with E-state index < -0.39 is 10.0 Å². The van der Waals surface area contributed by atoms with Gasteiger partial charge in [0.25, 0.3) is 5.91 Å².